The average Bonchev–Trinajstić information content (AvgIpc) is 3.29. The number of rotatable bonds is 11. The molecule has 3 N–H and O–H groups in total. The second-order valence-corrected chi connectivity index (χ2v) is 9.64. The fraction of sp³-hybridized carbons (Fsp3) is 0.258. The topological polar surface area (TPSA) is 120 Å². The highest BCUT2D eigenvalue weighted by atomic mass is 16.7. The fourth-order valence-corrected chi connectivity index (χ4v) is 4.48. The van der Waals surface area contributed by atoms with Crippen LogP contribution in [0.3, 0.4) is 0 Å². The van der Waals surface area contributed by atoms with Crippen molar-refractivity contribution < 1.29 is 29.1 Å². The molecule has 0 spiro atoms. The lowest BCUT2D eigenvalue weighted by molar-refractivity contribution is -0.110. The number of benzene rings is 3. The largest absolute Gasteiger partial charge is 0.465 e. The van der Waals surface area contributed by atoms with Crippen molar-refractivity contribution in [1.82, 2.24) is 9.96 Å². The molecule has 10 nitrogen and oxygen atoms in total. The highest BCUT2D eigenvalue weighted by Crippen LogP contribution is 2.39. The Labute approximate surface area is 239 Å². The number of nitrogens with one attached hydrogen (secondary N) is 2. The lowest BCUT2D eigenvalue weighted by Crippen LogP contribution is -2.32. The van der Waals surface area contributed by atoms with Crippen molar-refractivity contribution in [3.63, 3.8) is 0 Å². The molecule has 1 aliphatic heterocycles. The summed E-state index contributed by atoms with van der Waals surface area (Å²) in [7, 11) is 4.74. The zero-order valence-electron chi connectivity index (χ0n) is 23.6. The van der Waals surface area contributed by atoms with Crippen molar-refractivity contribution >= 4 is 40.4 Å². The quantitative estimate of drug-likeness (QED) is 0.185. The minimum Gasteiger partial charge on any atom is -0.465 e. The van der Waals surface area contributed by atoms with E-state index in [4.69, 9.17) is 14.7 Å². The van der Waals surface area contributed by atoms with Gasteiger partial charge < -0.3 is 25.4 Å². The van der Waals surface area contributed by atoms with Crippen molar-refractivity contribution in [2.75, 3.05) is 58.1 Å². The molecule has 3 aromatic carbocycles. The van der Waals surface area contributed by atoms with E-state index in [0.717, 1.165) is 5.56 Å². The van der Waals surface area contributed by atoms with Crippen molar-refractivity contribution in [2.24, 2.45) is 0 Å². The second-order valence-electron chi connectivity index (χ2n) is 9.64. The Balaban J connectivity index is 1.60. The molecule has 0 atom stereocenters. The Kier molecular flexibility index (Phi) is 9.51. The van der Waals surface area contributed by atoms with Crippen LogP contribution in [-0.4, -0.2) is 80.4 Å². The van der Waals surface area contributed by atoms with E-state index in [2.05, 4.69) is 10.6 Å². The summed E-state index contributed by atoms with van der Waals surface area (Å²) in [6.45, 7) is 3.25. The van der Waals surface area contributed by atoms with Crippen molar-refractivity contribution in [1.29, 1.82) is 0 Å². The summed E-state index contributed by atoms with van der Waals surface area (Å²) in [5, 5.41) is 16.4. The molecule has 0 aliphatic carbocycles. The van der Waals surface area contributed by atoms with E-state index >= 15 is 0 Å². The zero-order valence-corrected chi connectivity index (χ0v) is 23.6. The van der Waals surface area contributed by atoms with Gasteiger partial charge in [0.2, 0.25) is 0 Å². The van der Waals surface area contributed by atoms with Gasteiger partial charge in [-0.1, -0.05) is 30.3 Å². The Bertz CT molecular complexity index is 1450. The van der Waals surface area contributed by atoms with E-state index in [1.54, 1.807) is 50.4 Å². The second kappa shape index (κ2) is 13.2. The number of aliphatic hydroxyl groups is 1. The monoisotopic (exact) mass is 558 g/mol. The number of fused-ring (bicyclic) bond motifs is 1. The van der Waals surface area contributed by atoms with Crippen LogP contribution in [0.15, 0.2) is 66.7 Å². The summed E-state index contributed by atoms with van der Waals surface area (Å²) in [5.41, 5.74) is 5.18. The van der Waals surface area contributed by atoms with Crippen LogP contribution in [0.1, 0.15) is 37.4 Å². The number of carbonyl (C=O) groups is 3. The molecule has 2 amide bonds. The molecule has 1 aliphatic rings. The number of anilines is 2. The molecule has 214 valence electrons. The first-order chi connectivity index (χ1) is 19.7. The lowest BCUT2D eigenvalue weighted by atomic mass is 9.96. The highest BCUT2D eigenvalue weighted by molar-refractivity contribution is 6.37. The number of likely N-dealkylation sites (N-methyl/N-ethyl adjacent to an activating group) is 1. The van der Waals surface area contributed by atoms with Crippen LogP contribution in [0.4, 0.5) is 11.4 Å². The number of amides is 2. The highest BCUT2D eigenvalue weighted by Gasteiger charge is 2.30. The van der Waals surface area contributed by atoms with Crippen LogP contribution in [0, 0.1) is 6.92 Å². The number of carbonyl (C=O) groups excluding carboxylic acids is 3. The molecule has 0 fully saturated rings. The smallest absolute Gasteiger partial charge is 0.338 e. The number of esters is 1. The summed E-state index contributed by atoms with van der Waals surface area (Å²) in [4.78, 5) is 45.8. The summed E-state index contributed by atoms with van der Waals surface area (Å²) in [6, 6.07) is 19.8. The van der Waals surface area contributed by atoms with E-state index in [0.29, 0.717) is 64.6 Å². The van der Waals surface area contributed by atoms with Crippen LogP contribution >= 0.6 is 0 Å². The molecule has 4 rings (SSSR count). The first-order valence-electron chi connectivity index (χ1n) is 13.1. The fourth-order valence-electron chi connectivity index (χ4n) is 4.48. The SMILES string of the molecule is COC(=O)c1cc2c(cc1C)/C(=C(/Nc1ccc(C(=O)N(C)OCCN(C)CCO)cc1)c1ccccc1)C(=O)N2. The first-order valence-corrected chi connectivity index (χ1v) is 13.1. The number of hydrogen-bond acceptors (Lipinski definition) is 8. The number of methoxy groups -OCH3 is 1. The van der Waals surface area contributed by atoms with Gasteiger partial charge in [0.15, 0.2) is 0 Å². The summed E-state index contributed by atoms with van der Waals surface area (Å²) in [6.07, 6.45) is 0. The molecule has 0 radical (unpaired) electrons. The summed E-state index contributed by atoms with van der Waals surface area (Å²) in [5.74, 6) is -1.08. The number of nitrogens with zero attached hydrogens (tertiary/aromatic N) is 2. The van der Waals surface area contributed by atoms with Gasteiger partial charge in [-0.15, -0.1) is 0 Å². The Morgan fingerprint density at radius 1 is 0.976 bits per heavy atom. The molecule has 10 heteroatoms. The van der Waals surface area contributed by atoms with E-state index in [1.807, 2.05) is 42.3 Å². The molecule has 1 heterocycles. The van der Waals surface area contributed by atoms with Crippen LogP contribution in [-0.2, 0) is 14.4 Å². The third-order valence-electron chi connectivity index (χ3n) is 6.75. The maximum Gasteiger partial charge on any atom is 0.338 e. The van der Waals surface area contributed by atoms with Gasteiger partial charge >= 0.3 is 5.97 Å². The van der Waals surface area contributed by atoms with E-state index in [9.17, 15) is 14.4 Å². The number of ether oxygens (including phenoxy) is 1. The number of hydroxylamine groups is 2. The van der Waals surface area contributed by atoms with Crippen LogP contribution in [0.2, 0.25) is 0 Å². The third kappa shape index (κ3) is 6.80. The summed E-state index contributed by atoms with van der Waals surface area (Å²) < 4.78 is 4.88. The van der Waals surface area contributed by atoms with Crippen molar-refractivity contribution in [3.8, 4) is 0 Å². The Hall–Kier alpha value is -4.51. The molecule has 0 saturated heterocycles. The van der Waals surface area contributed by atoms with Crippen LogP contribution < -0.4 is 10.6 Å². The maximum absolute atomic E-state index is 13.3. The first kappa shape index (κ1) is 29.5. The Morgan fingerprint density at radius 2 is 1.68 bits per heavy atom. The number of aryl methyl sites for hydroxylation is 1. The van der Waals surface area contributed by atoms with Gasteiger partial charge in [-0.05, 0) is 61.5 Å². The third-order valence-corrected chi connectivity index (χ3v) is 6.75. The van der Waals surface area contributed by atoms with Crippen LogP contribution in [0.5, 0.6) is 0 Å². The lowest BCUT2D eigenvalue weighted by Gasteiger charge is -2.20. The minimum absolute atomic E-state index is 0.0570. The number of aliphatic hydroxyl groups excluding tert-OH is 1. The minimum atomic E-state index is -0.474. The normalized spacial score (nSPS) is 13.5. The van der Waals surface area contributed by atoms with E-state index in [1.165, 1.54) is 12.2 Å². The van der Waals surface area contributed by atoms with Gasteiger partial charge in [-0.2, -0.15) is 0 Å². The molecule has 0 aromatic heterocycles. The number of hydrogen-bond donors (Lipinski definition) is 3. The zero-order chi connectivity index (χ0) is 29.5. The molecule has 41 heavy (non-hydrogen) atoms. The molecule has 0 unspecified atom stereocenters. The average molecular weight is 559 g/mol. The summed E-state index contributed by atoms with van der Waals surface area (Å²) >= 11 is 0. The molecule has 3 aromatic rings. The predicted octanol–water partition coefficient (Wildman–Crippen LogP) is 3.64. The van der Waals surface area contributed by atoms with Gasteiger partial charge in [0.05, 0.1) is 42.8 Å². The Morgan fingerprint density at radius 3 is 2.34 bits per heavy atom. The molecule has 0 bridgehead atoms. The van der Waals surface area contributed by atoms with E-state index < -0.39 is 5.97 Å². The van der Waals surface area contributed by atoms with Gasteiger partial charge in [-0.3, -0.25) is 14.4 Å². The van der Waals surface area contributed by atoms with E-state index in [-0.39, 0.29) is 18.4 Å². The standard InChI is InChI=1S/C31H34N4O6/c1-20-18-25-26(19-24(20)31(39)40-4)33-29(37)27(25)28(21-8-6-5-7-9-21)32-23-12-10-22(11-13-23)30(38)35(3)41-17-15-34(2)14-16-36/h5-13,18-19,32,36H,14-17H2,1-4H3,(H,33,37)/b28-27-. The van der Waals surface area contributed by atoms with Crippen molar-refractivity contribution in [3.05, 3.63) is 94.5 Å². The predicted molar refractivity (Wildman–Crippen MR) is 157 cm³/mol. The van der Waals surface area contributed by atoms with Crippen LogP contribution in [0.25, 0.3) is 11.3 Å². The molecular formula is C31H34N4O6. The maximum atomic E-state index is 13.3. The van der Waals surface area contributed by atoms with Gasteiger partial charge in [-0.25, -0.2) is 9.86 Å². The van der Waals surface area contributed by atoms with Gasteiger partial charge in [0.25, 0.3) is 11.8 Å². The van der Waals surface area contributed by atoms with Gasteiger partial charge in [0.1, 0.15) is 0 Å². The van der Waals surface area contributed by atoms with Crippen molar-refractivity contribution in [2.45, 2.75) is 6.92 Å². The van der Waals surface area contributed by atoms with Gasteiger partial charge in [0, 0.05) is 37.0 Å². The molecular weight excluding hydrogens is 524 g/mol. The molecule has 0 saturated carbocycles.